The van der Waals surface area contributed by atoms with Crippen LogP contribution in [0.5, 0.6) is 0 Å². The molecule has 2 saturated heterocycles. The van der Waals surface area contributed by atoms with E-state index < -0.39 is 0 Å². The Kier molecular flexibility index (Phi) is 9.11. The van der Waals surface area contributed by atoms with Crippen LogP contribution < -0.4 is 0 Å². The number of hydrogen-bond acceptors (Lipinski definition) is 1. The standard InChI is InChI=1S/C33H51N2/c1-4-5-6-7-8-9-10-17-24-35(26-31-20-15-12-16-21-31)28-32(2)22-23-34(27-33(32,3)29-35)25-30-18-13-11-14-19-30/h11-16,18-21H,4-10,17,22-29H2,1-3H3/q+1/t32-,33+,35?/m1/s1. The van der Waals surface area contributed by atoms with E-state index in [9.17, 15) is 0 Å². The van der Waals surface area contributed by atoms with Crippen LogP contribution in [0.1, 0.15) is 89.7 Å². The van der Waals surface area contributed by atoms with Gasteiger partial charge >= 0.3 is 0 Å². The fourth-order valence-electron chi connectivity index (χ4n) is 7.39. The summed E-state index contributed by atoms with van der Waals surface area (Å²) in [4.78, 5) is 2.75. The average Bonchev–Trinajstić information content (AvgIpc) is 3.08. The van der Waals surface area contributed by atoms with Crippen LogP contribution in [-0.2, 0) is 13.1 Å². The second-order valence-electron chi connectivity index (χ2n) is 12.6. The molecule has 0 spiro atoms. The molecule has 2 fully saturated rings. The molecule has 192 valence electrons. The minimum atomic E-state index is 0.384. The molecule has 2 nitrogen and oxygen atoms in total. The fourth-order valence-corrected chi connectivity index (χ4v) is 7.39. The molecule has 4 rings (SSSR count). The van der Waals surface area contributed by atoms with Crippen LogP contribution in [0.4, 0.5) is 0 Å². The zero-order valence-electron chi connectivity index (χ0n) is 23.0. The first-order chi connectivity index (χ1) is 17.0. The zero-order valence-corrected chi connectivity index (χ0v) is 23.0. The molecule has 2 heteroatoms. The fraction of sp³-hybridized carbons (Fsp3) is 0.636. The Morgan fingerprint density at radius 3 is 1.94 bits per heavy atom. The number of nitrogens with zero attached hydrogens (tertiary/aromatic N) is 2. The summed E-state index contributed by atoms with van der Waals surface area (Å²) in [6, 6.07) is 22.5. The monoisotopic (exact) mass is 475 g/mol. The van der Waals surface area contributed by atoms with Crippen LogP contribution in [0, 0.1) is 10.8 Å². The molecule has 1 unspecified atom stereocenters. The minimum Gasteiger partial charge on any atom is -0.319 e. The van der Waals surface area contributed by atoms with E-state index in [1.807, 2.05) is 0 Å². The first-order valence-electron chi connectivity index (χ1n) is 14.6. The summed E-state index contributed by atoms with van der Waals surface area (Å²) >= 11 is 0. The molecule has 2 heterocycles. The summed E-state index contributed by atoms with van der Waals surface area (Å²) in [6.07, 6.45) is 12.6. The van der Waals surface area contributed by atoms with E-state index in [0.29, 0.717) is 10.8 Å². The maximum Gasteiger partial charge on any atom is 0.104 e. The molecule has 2 aromatic rings. The molecule has 2 aromatic carbocycles. The third kappa shape index (κ3) is 6.77. The van der Waals surface area contributed by atoms with Crippen molar-refractivity contribution in [3.63, 3.8) is 0 Å². The maximum absolute atomic E-state index is 2.75. The first-order valence-corrected chi connectivity index (χ1v) is 14.6. The summed E-state index contributed by atoms with van der Waals surface area (Å²) in [7, 11) is 0. The van der Waals surface area contributed by atoms with Crippen LogP contribution in [0.3, 0.4) is 0 Å². The molecule has 2 aliphatic rings. The van der Waals surface area contributed by atoms with Gasteiger partial charge in [-0.3, -0.25) is 4.90 Å². The molecule has 0 aromatic heterocycles. The van der Waals surface area contributed by atoms with Gasteiger partial charge in [-0.25, -0.2) is 0 Å². The molecular formula is C33H51N2+. The van der Waals surface area contributed by atoms with E-state index in [4.69, 9.17) is 0 Å². The number of quaternary nitrogens is 1. The minimum absolute atomic E-state index is 0.384. The highest BCUT2D eigenvalue weighted by atomic mass is 15.4. The quantitative estimate of drug-likeness (QED) is 0.209. The SMILES string of the molecule is CCCCCCCCCC[N+]1(Cc2ccccc2)C[C@]2(C)CN(Cc3ccccc3)CC[C@]2(C)C1. The van der Waals surface area contributed by atoms with Gasteiger partial charge in [0.25, 0.3) is 0 Å². The van der Waals surface area contributed by atoms with Crippen molar-refractivity contribution in [1.82, 2.24) is 4.90 Å². The summed E-state index contributed by atoms with van der Waals surface area (Å²) in [5.74, 6) is 0. The van der Waals surface area contributed by atoms with Crippen molar-refractivity contribution < 1.29 is 4.48 Å². The van der Waals surface area contributed by atoms with Gasteiger partial charge in [-0.1, -0.05) is 120 Å². The van der Waals surface area contributed by atoms with Crippen LogP contribution in [0.25, 0.3) is 0 Å². The highest BCUT2D eigenvalue weighted by molar-refractivity contribution is 5.16. The summed E-state index contributed by atoms with van der Waals surface area (Å²) in [6.45, 7) is 16.4. The number of piperidine rings is 1. The Labute approximate surface area is 216 Å². The lowest BCUT2D eigenvalue weighted by Crippen LogP contribution is -2.52. The Hall–Kier alpha value is -1.64. The van der Waals surface area contributed by atoms with Gasteiger partial charge < -0.3 is 4.48 Å². The lowest BCUT2D eigenvalue weighted by molar-refractivity contribution is -0.934. The Balaban J connectivity index is 1.42. The second-order valence-corrected chi connectivity index (χ2v) is 12.6. The molecule has 2 aliphatic heterocycles. The number of benzene rings is 2. The van der Waals surface area contributed by atoms with E-state index >= 15 is 0 Å². The van der Waals surface area contributed by atoms with Gasteiger partial charge in [0.1, 0.15) is 6.54 Å². The van der Waals surface area contributed by atoms with Gasteiger partial charge in [0, 0.05) is 29.5 Å². The first kappa shape index (κ1) is 26.4. The number of likely N-dealkylation sites (tertiary alicyclic amines) is 2. The molecule has 0 radical (unpaired) electrons. The van der Waals surface area contributed by atoms with Crippen LogP contribution in [-0.4, -0.2) is 42.1 Å². The normalized spacial score (nSPS) is 28.8. The van der Waals surface area contributed by atoms with Gasteiger partial charge in [-0.05, 0) is 31.4 Å². The van der Waals surface area contributed by atoms with Crippen molar-refractivity contribution in [2.75, 3.05) is 32.7 Å². The highest BCUT2D eigenvalue weighted by Crippen LogP contribution is 2.55. The largest absolute Gasteiger partial charge is 0.319 e. The van der Waals surface area contributed by atoms with Crippen LogP contribution >= 0.6 is 0 Å². The molecular weight excluding hydrogens is 424 g/mol. The number of unbranched alkanes of at least 4 members (excludes halogenated alkanes) is 7. The van der Waals surface area contributed by atoms with E-state index in [-0.39, 0.29) is 0 Å². The number of hydrogen-bond donors (Lipinski definition) is 0. The van der Waals surface area contributed by atoms with Crippen molar-refractivity contribution in [2.45, 2.75) is 91.6 Å². The van der Waals surface area contributed by atoms with Crippen molar-refractivity contribution in [2.24, 2.45) is 10.8 Å². The molecule has 0 N–H and O–H groups in total. The zero-order chi connectivity index (χ0) is 24.6. The molecule has 0 saturated carbocycles. The number of rotatable bonds is 13. The van der Waals surface area contributed by atoms with Crippen molar-refractivity contribution in [3.05, 3.63) is 71.8 Å². The van der Waals surface area contributed by atoms with Gasteiger partial charge in [-0.2, -0.15) is 0 Å². The van der Waals surface area contributed by atoms with Crippen molar-refractivity contribution in [3.8, 4) is 0 Å². The van der Waals surface area contributed by atoms with Gasteiger partial charge in [0.05, 0.1) is 19.6 Å². The van der Waals surface area contributed by atoms with Crippen molar-refractivity contribution >= 4 is 0 Å². The summed E-state index contributed by atoms with van der Waals surface area (Å²) in [5.41, 5.74) is 3.81. The smallest absolute Gasteiger partial charge is 0.104 e. The van der Waals surface area contributed by atoms with Gasteiger partial charge in [0.15, 0.2) is 0 Å². The maximum atomic E-state index is 2.75. The third-order valence-corrected chi connectivity index (χ3v) is 9.47. The van der Waals surface area contributed by atoms with Crippen molar-refractivity contribution in [1.29, 1.82) is 0 Å². The molecule has 0 aliphatic carbocycles. The topological polar surface area (TPSA) is 3.24 Å². The lowest BCUT2D eigenvalue weighted by atomic mass is 9.64. The van der Waals surface area contributed by atoms with E-state index in [0.717, 1.165) is 6.54 Å². The van der Waals surface area contributed by atoms with Crippen LogP contribution in [0.2, 0.25) is 0 Å². The average molecular weight is 476 g/mol. The Bertz CT molecular complexity index is 880. The van der Waals surface area contributed by atoms with Gasteiger partial charge in [0.2, 0.25) is 0 Å². The third-order valence-electron chi connectivity index (χ3n) is 9.47. The Morgan fingerprint density at radius 1 is 0.714 bits per heavy atom. The lowest BCUT2D eigenvalue weighted by Gasteiger charge is -2.46. The Morgan fingerprint density at radius 2 is 1.29 bits per heavy atom. The number of fused-ring (bicyclic) bond motifs is 1. The predicted octanol–water partition coefficient (Wildman–Crippen LogP) is 8.08. The van der Waals surface area contributed by atoms with E-state index in [2.05, 4.69) is 86.3 Å². The molecule has 35 heavy (non-hydrogen) atoms. The second kappa shape index (κ2) is 12.1. The summed E-state index contributed by atoms with van der Waals surface area (Å²) < 4.78 is 1.30. The molecule has 0 bridgehead atoms. The van der Waals surface area contributed by atoms with Gasteiger partial charge in [-0.15, -0.1) is 0 Å². The summed E-state index contributed by atoms with van der Waals surface area (Å²) in [5, 5.41) is 0. The molecule has 0 amide bonds. The van der Waals surface area contributed by atoms with E-state index in [1.54, 1.807) is 0 Å². The highest BCUT2D eigenvalue weighted by Gasteiger charge is 2.61. The predicted molar refractivity (Wildman–Crippen MR) is 150 cm³/mol. The van der Waals surface area contributed by atoms with Crippen LogP contribution in [0.15, 0.2) is 60.7 Å². The molecule has 3 atom stereocenters. The van der Waals surface area contributed by atoms with E-state index in [1.165, 1.54) is 113 Å².